The molecule has 0 saturated carbocycles. The summed E-state index contributed by atoms with van der Waals surface area (Å²) in [6, 6.07) is 8.33. The Hall–Kier alpha value is -0.820. The summed E-state index contributed by atoms with van der Waals surface area (Å²) in [6.45, 7) is 2.36. The quantitative estimate of drug-likeness (QED) is 0.768. The first-order valence-corrected chi connectivity index (χ1v) is 9.66. The Morgan fingerprint density at radius 3 is 2.32 bits per heavy atom. The summed E-state index contributed by atoms with van der Waals surface area (Å²) >= 11 is 5.47. The second-order valence-corrected chi connectivity index (χ2v) is 8.21. The molecule has 1 aliphatic rings. The van der Waals surface area contributed by atoms with Crippen LogP contribution in [0.25, 0.3) is 0 Å². The third-order valence-electron chi connectivity index (χ3n) is 4.02. The lowest BCUT2D eigenvalue weighted by Crippen LogP contribution is -2.37. The number of anilines is 1. The summed E-state index contributed by atoms with van der Waals surface area (Å²) in [7, 11) is 0.610. The predicted octanol–water partition coefficient (Wildman–Crippen LogP) is 2.01. The zero-order valence-electron chi connectivity index (χ0n) is 13.1. The molecule has 0 unspecified atom stereocenters. The highest BCUT2D eigenvalue weighted by atomic mass is 35.5. The van der Waals surface area contributed by atoms with Gasteiger partial charge < -0.3 is 4.90 Å². The van der Waals surface area contributed by atoms with E-state index in [1.807, 2.05) is 19.0 Å². The van der Waals surface area contributed by atoms with E-state index >= 15 is 0 Å². The van der Waals surface area contributed by atoms with Gasteiger partial charge in [-0.3, -0.25) is 4.90 Å². The van der Waals surface area contributed by atoms with Gasteiger partial charge in [-0.2, -0.15) is 0 Å². The first-order chi connectivity index (χ1) is 10.4. The Bertz CT molecular complexity index is 569. The number of nitrogens with one attached hydrogen (secondary N) is 1. The Kier molecular flexibility index (Phi) is 6.09. The average Bonchev–Trinajstić information content (AvgIpc) is 3.02. The number of nitrogens with zero attached hydrogens (tertiary/aromatic N) is 2. The SMILES string of the molecule is CN(C)c1ccc([C@H](CNS(=O)(=O)CCl)N2CCCC2)cc1. The summed E-state index contributed by atoms with van der Waals surface area (Å²) in [5.74, 6) is 0. The van der Waals surface area contributed by atoms with Crippen LogP contribution in [0.1, 0.15) is 24.4 Å². The van der Waals surface area contributed by atoms with Crippen LogP contribution in [0.4, 0.5) is 5.69 Å². The van der Waals surface area contributed by atoms with Crippen LogP contribution in [0.5, 0.6) is 0 Å². The first kappa shape index (κ1) is 17.5. The summed E-state index contributed by atoms with van der Waals surface area (Å²) in [6.07, 6.45) is 2.32. The largest absolute Gasteiger partial charge is 0.378 e. The van der Waals surface area contributed by atoms with Crippen molar-refractivity contribution >= 4 is 27.3 Å². The van der Waals surface area contributed by atoms with E-state index in [1.54, 1.807) is 0 Å². The molecule has 0 radical (unpaired) electrons. The minimum Gasteiger partial charge on any atom is -0.378 e. The smallest absolute Gasteiger partial charge is 0.225 e. The second-order valence-electron chi connectivity index (χ2n) is 5.82. The van der Waals surface area contributed by atoms with Gasteiger partial charge in [0.05, 0.1) is 0 Å². The van der Waals surface area contributed by atoms with Gasteiger partial charge in [0.25, 0.3) is 0 Å². The third-order valence-corrected chi connectivity index (χ3v) is 5.77. The van der Waals surface area contributed by atoms with Crippen molar-refractivity contribution in [1.29, 1.82) is 0 Å². The maximum Gasteiger partial charge on any atom is 0.225 e. The van der Waals surface area contributed by atoms with Crippen LogP contribution in [-0.2, 0) is 10.0 Å². The van der Waals surface area contributed by atoms with Gasteiger partial charge in [0.15, 0.2) is 0 Å². The summed E-state index contributed by atoms with van der Waals surface area (Å²) in [5.41, 5.74) is 2.26. The highest BCUT2D eigenvalue weighted by molar-refractivity contribution is 7.90. The molecule has 22 heavy (non-hydrogen) atoms. The number of hydrogen-bond donors (Lipinski definition) is 1. The van der Waals surface area contributed by atoms with Crippen LogP contribution in [0.15, 0.2) is 24.3 Å². The molecule has 7 heteroatoms. The van der Waals surface area contributed by atoms with Gasteiger partial charge in [-0.25, -0.2) is 13.1 Å². The molecular weight excluding hydrogens is 322 g/mol. The molecular formula is C15H24ClN3O2S. The van der Waals surface area contributed by atoms with Crippen molar-refractivity contribution < 1.29 is 8.42 Å². The minimum absolute atomic E-state index is 0.0525. The molecule has 1 heterocycles. The molecule has 0 aliphatic carbocycles. The van der Waals surface area contributed by atoms with Crippen molar-refractivity contribution in [3.8, 4) is 0 Å². The number of hydrogen-bond acceptors (Lipinski definition) is 4. The molecule has 0 amide bonds. The van der Waals surface area contributed by atoms with Gasteiger partial charge in [0.2, 0.25) is 10.0 Å². The zero-order valence-corrected chi connectivity index (χ0v) is 14.7. The molecule has 1 atom stereocenters. The second kappa shape index (κ2) is 7.64. The van der Waals surface area contributed by atoms with Gasteiger partial charge in [0, 0.05) is 32.4 Å². The number of rotatable bonds is 7. The molecule has 1 aromatic carbocycles. The van der Waals surface area contributed by atoms with E-state index in [1.165, 1.54) is 0 Å². The topological polar surface area (TPSA) is 52.7 Å². The standard InChI is InChI=1S/C15H24ClN3O2S/c1-18(2)14-7-5-13(6-8-14)15(19-9-3-4-10-19)11-17-22(20,21)12-16/h5-8,15,17H,3-4,9-12H2,1-2H3/t15-/m0/s1. The fourth-order valence-electron chi connectivity index (χ4n) is 2.75. The maximum atomic E-state index is 11.6. The van der Waals surface area contributed by atoms with Gasteiger partial charge >= 0.3 is 0 Å². The number of halogens is 1. The highest BCUT2D eigenvalue weighted by Gasteiger charge is 2.24. The van der Waals surface area contributed by atoms with Crippen molar-refractivity contribution in [3.63, 3.8) is 0 Å². The monoisotopic (exact) mass is 345 g/mol. The van der Waals surface area contributed by atoms with E-state index in [0.717, 1.165) is 37.2 Å². The van der Waals surface area contributed by atoms with Crippen LogP contribution in [0, 0.1) is 0 Å². The van der Waals surface area contributed by atoms with Crippen LogP contribution >= 0.6 is 11.6 Å². The molecule has 124 valence electrons. The normalized spacial score (nSPS) is 17.6. The Morgan fingerprint density at radius 1 is 1.23 bits per heavy atom. The Labute approximate surface area is 138 Å². The van der Waals surface area contributed by atoms with Crippen molar-refractivity contribution in [2.45, 2.75) is 18.9 Å². The molecule has 0 aromatic heterocycles. The van der Waals surface area contributed by atoms with Crippen LogP contribution in [0.2, 0.25) is 0 Å². The molecule has 0 spiro atoms. The molecule has 5 nitrogen and oxygen atoms in total. The Morgan fingerprint density at radius 2 is 1.82 bits per heavy atom. The van der Waals surface area contributed by atoms with E-state index in [4.69, 9.17) is 11.6 Å². The molecule has 1 N–H and O–H groups in total. The molecule has 1 saturated heterocycles. The number of likely N-dealkylation sites (tertiary alicyclic amines) is 1. The van der Waals surface area contributed by atoms with Crippen molar-refractivity contribution in [3.05, 3.63) is 29.8 Å². The molecule has 1 aliphatic heterocycles. The van der Waals surface area contributed by atoms with Crippen molar-refractivity contribution in [2.75, 3.05) is 43.8 Å². The highest BCUT2D eigenvalue weighted by Crippen LogP contribution is 2.26. The minimum atomic E-state index is -3.39. The zero-order chi connectivity index (χ0) is 16.2. The van der Waals surface area contributed by atoms with Gasteiger partial charge in [0.1, 0.15) is 5.21 Å². The van der Waals surface area contributed by atoms with Crippen LogP contribution in [-0.4, -0.2) is 52.3 Å². The first-order valence-electron chi connectivity index (χ1n) is 7.47. The van der Waals surface area contributed by atoms with Gasteiger partial charge in [-0.05, 0) is 43.6 Å². The molecule has 1 fully saturated rings. The fraction of sp³-hybridized carbons (Fsp3) is 0.600. The average molecular weight is 346 g/mol. The van der Waals surface area contributed by atoms with E-state index in [2.05, 4.69) is 33.9 Å². The molecule has 1 aromatic rings. The van der Waals surface area contributed by atoms with E-state index in [0.29, 0.717) is 6.54 Å². The number of benzene rings is 1. The number of sulfonamides is 1. The fourth-order valence-corrected chi connectivity index (χ4v) is 3.47. The van der Waals surface area contributed by atoms with Crippen LogP contribution in [0.3, 0.4) is 0 Å². The summed E-state index contributed by atoms with van der Waals surface area (Å²) in [5, 5.41) is -0.403. The number of alkyl halides is 1. The summed E-state index contributed by atoms with van der Waals surface area (Å²) in [4.78, 5) is 4.38. The van der Waals surface area contributed by atoms with Crippen molar-refractivity contribution in [1.82, 2.24) is 9.62 Å². The molecule has 2 rings (SSSR count). The lowest BCUT2D eigenvalue weighted by atomic mass is 10.1. The van der Waals surface area contributed by atoms with Crippen LogP contribution < -0.4 is 9.62 Å². The van der Waals surface area contributed by atoms with E-state index < -0.39 is 15.2 Å². The Balaban J connectivity index is 2.16. The van der Waals surface area contributed by atoms with Gasteiger partial charge in [-0.1, -0.05) is 12.1 Å². The lowest BCUT2D eigenvalue weighted by molar-refractivity contribution is 0.246. The van der Waals surface area contributed by atoms with Crippen molar-refractivity contribution in [2.24, 2.45) is 0 Å². The molecule has 0 bridgehead atoms. The lowest BCUT2D eigenvalue weighted by Gasteiger charge is -2.28. The van der Waals surface area contributed by atoms with Gasteiger partial charge in [-0.15, -0.1) is 11.6 Å². The maximum absolute atomic E-state index is 11.6. The summed E-state index contributed by atoms with van der Waals surface area (Å²) < 4.78 is 25.9. The third kappa shape index (κ3) is 4.59. The predicted molar refractivity (Wildman–Crippen MR) is 92.0 cm³/mol. The van der Waals surface area contributed by atoms with E-state index in [-0.39, 0.29) is 6.04 Å². The van der Waals surface area contributed by atoms with E-state index in [9.17, 15) is 8.42 Å².